The molecule has 0 heterocycles. The Labute approximate surface area is 150 Å². The Kier molecular flexibility index (Phi) is 6.15. The molecule has 0 aliphatic rings. The molecule has 23 heavy (non-hydrogen) atoms. The van der Waals surface area contributed by atoms with Crippen molar-refractivity contribution in [3.8, 4) is 0 Å². The molecular weight excluding hydrogens is 405 g/mol. The molecule has 0 saturated carbocycles. The summed E-state index contributed by atoms with van der Waals surface area (Å²) in [6, 6.07) is 11.8. The number of hydrogen-bond acceptors (Lipinski definition) is 3. The summed E-state index contributed by atoms with van der Waals surface area (Å²) in [4.78, 5) is 23.4. The van der Waals surface area contributed by atoms with Crippen LogP contribution in [-0.2, 0) is 9.59 Å². The molecule has 0 aliphatic carbocycles. The van der Waals surface area contributed by atoms with Crippen LogP contribution in [0.4, 0.5) is 5.69 Å². The monoisotopic (exact) mass is 413 g/mol. The van der Waals surface area contributed by atoms with E-state index in [-0.39, 0.29) is 0 Å². The van der Waals surface area contributed by atoms with E-state index in [0.29, 0.717) is 15.7 Å². The summed E-state index contributed by atoms with van der Waals surface area (Å²) in [6.45, 7) is 0. The average molecular weight is 415 g/mol. The largest absolute Gasteiger partial charge is 0.329 e. The predicted molar refractivity (Wildman–Crippen MR) is 95.0 cm³/mol. The van der Waals surface area contributed by atoms with E-state index in [0.717, 1.165) is 10.0 Å². The van der Waals surface area contributed by atoms with Crippen molar-refractivity contribution in [2.45, 2.75) is 0 Å². The van der Waals surface area contributed by atoms with Gasteiger partial charge in [0, 0.05) is 20.2 Å². The smallest absolute Gasteiger partial charge is 0.318 e. The first-order chi connectivity index (χ1) is 10.9. The highest BCUT2D eigenvalue weighted by molar-refractivity contribution is 9.10. The molecule has 2 aromatic rings. The maximum atomic E-state index is 11.7. The molecule has 5 nitrogen and oxygen atoms in total. The Bertz CT molecular complexity index is 761. The summed E-state index contributed by atoms with van der Waals surface area (Å²) in [5.74, 6) is -1.79. The van der Waals surface area contributed by atoms with Gasteiger partial charge in [-0.3, -0.25) is 9.59 Å². The van der Waals surface area contributed by atoms with Crippen molar-refractivity contribution in [2.75, 3.05) is 5.32 Å². The second-order valence-corrected chi connectivity index (χ2v) is 6.15. The van der Waals surface area contributed by atoms with Crippen molar-refractivity contribution in [1.29, 1.82) is 0 Å². The number of carbonyl (C=O) groups excluding carboxylic acids is 2. The second kappa shape index (κ2) is 8.10. The van der Waals surface area contributed by atoms with Crippen molar-refractivity contribution < 1.29 is 9.59 Å². The molecule has 0 aromatic heterocycles. The molecule has 0 radical (unpaired) electrons. The van der Waals surface area contributed by atoms with Gasteiger partial charge in [-0.25, -0.2) is 5.43 Å². The molecule has 118 valence electrons. The van der Waals surface area contributed by atoms with Crippen LogP contribution < -0.4 is 10.7 Å². The van der Waals surface area contributed by atoms with E-state index in [2.05, 4.69) is 31.8 Å². The summed E-state index contributed by atoms with van der Waals surface area (Å²) in [5.41, 5.74) is 3.22. The van der Waals surface area contributed by atoms with Crippen LogP contribution in [0.2, 0.25) is 10.0 Å². The average Bonchev–Trinajstić information content (AvgIpc) is 2.46. The van der Waals surface area contributed by atoms with Crippen LogP contribution in [0.15, 0.2) is 52.0 Å². The van der Waals surface area contributed by atoms with Gasteiger partial charge < -0.3 is 5.32 Å². The zero-order valence-electron chi connectivity index (χ0n) is 11.5. The molecule has 0 atom stereocenters. The highest BCUT2D eigenvalue weighted by Gasteiger charge is 2.13. The van der Waals surface area contributed by atoms with Gasteiger partial charge in [0.2, 0.25) is 0 Å². The fraction of sp³-hybridized carbons (Fsp3) is 0. The number of amides is 2. The third kappa shape index (κ3) is 5.67. The first-order valence-electron chi connectivity index (χ1n) is 6.30. The number of nitrogens with one attached hydrogen (secondary N) is 2. The van der Waals surface area contributed by atoms with E-state index < -0.39 is 11.8 Å². The quantitative estimate of drug-likeness (QED) is 0.455. The molecule has 8 heteroatoms. The highest BCUT2D eigenvalue weighted by atomic mass is 79.9. The van der Waals surface area contributed by atoms with Crippen LogP contribution in [-0.4, -0.2) is 18.0 Å². The van der Waals surface area contributed by atoms with Crippen LogP contribution in [0, 0.1) is 0 Å². The van der Waals surface area contributed by atoms with Crippen LogP contribution in [0.3, 0.4) is 0 Å². The zero-order chi connectivity index (χ0) is 16.8. The van der Waals surface area contributed by atoms with Crippen molar-refractivity contribution in [1.82, 2.24) is 5.43 Å². The molecule has 2 N–H and O–H groups in total. The number of hydrogen-bond donors (Lipinski definition) is 2. The third-order valence-corrected chi connectivity index (χ3v) is 3.48. The first kappa shape index (κ1) is 17.5. The Hall–Kier alpha value is -1.89. The molecule has 0 fully saturated rings. The third-order valence-electron chi connectivity index (χ3n) is 2.56. The van der Waals surface area contributed by atoms with Gasteiger partial charge in [0.05, 0.1) is 6.21 Å². The number of nitrogens with zero attached hydrogens (tertiary/aromatic N) is 1. The number of halogens is 3. The molecule has 0 unspecified atom stereocenters. The Morgan fingerprint density at radius 2 is 1.74 bits per heavy atom. The standard InChI is InChI=1S/C15H10BrCl2N3O2/c16-10-3-1-2-9(4-10)8-19-21-15(23)14(22)20-13-6-11(17)5-12(18)7-13/h1-8H,(H,20,22)(H,21,23). The molecule has 0 bridgehead atoms. The van der Waals surface area contributed by atoms with Gasteiger partial charge in [-0.15, -0.1) is 0 Å². The number of anilines is 1. The van der Waals surface area contributed by atoms with E-state index in [1.165, 1.54) is 24.4 Å². The maximum absolute atomic E-state index is 11.7. The number of carbonyl (C=O) groups is 2. The highest BCUT2D eigenvalue weighted by Crippen LogP contribution is 2.22. The summed E-state index contributed by atoms with van der Waals surface area (Å²) in [6.07, 6.45) is 1.42. The van der Waals surface area contributed by atoms with Crippen molar-refractivity contribution in [3.63, 3.8) is 0 Å². The molecular formula is C15H10BrCl2N3O2. The van der Waals surface area contributed by atoms with Gasteiger partial charge in [-0.1, -0.05) is 51.3 Å². The van der Waals surface area contributed by atoms with E-state index in [1.54, 1.807) is 6.07 Å². The van der Waals surface area contributed by atoms with E-state index in [1.807, 2.05) is 18.2 Å². The minimum absolute atomic E-state index is 0.318. The van der Waals surface area contributed by atoms with Crippen LogP contribution in [0.25, 0.3) is 0 Å². The normalized spacial score (nSPS) is 10.6. The minimum Gasteiger partial charge on any atom is -0.318 e. The molecule has 2 aromatic carbocycles. The molecule has 2 amide bonds. The summed E-state index contributed by atoms with van der Waals surface area (Å²) in [5, 5.41) is 6.80. The van der Waals surface area contributed by atoms with Crippen molar-refractivity contribution in [2.24, 2.45) is 5.10 Å². The van der Waals surface area contributed by atoms with Gasteiger partial charge in [0.15, 0.2) is 0 Å². The Morgan fingerprint density at radius 3 is 2.39 bits per heavy atom. The van der Waals surface area contributed by atoms with Gasteiger partial charge in [-0.2, -0.15) is 5.10 Å². The van der Waals surface area contributed by atoms with Gasteiger partial charge in [-0.05, 0) is 35.9 Å². The molecule has 2 rings (SSSR count). The van der Waals surface area contributed by atoms with Gasteiger partial charge >= 0.3 is 11.8 Å². The second-order valence-electron chi connectivity index (χ2n) is 4.37. The lowest BCUT2D eigenvalue weighted by Crippen LogP contribution is -2.32. The fourth-order valence-electron chi connectivity index (χ4n) is 1.62. The van der Waals surface area contributed by atoms with E-state index in [4.69, 9.17) is 23.2 Å². The van der Waals surface area contributed by atoms with E-state index >= 15 is 0 Å². The van der Waals surface area contributed by atoms with E-state index in [9.17, 15) is 9.59 Å². The Balaban J connectivity index is 1.93. The fourth-order valence-corrected chi connectivity index (χ4v) is 2.56. The van der Waals surface area contributed by atoms with Crippen LogP contribution >= 0.6 is 39.1 Å². The van der Waals surface area contributed by atoms with Crippen molar-refractivity contribution >= 4 is 62.8 Å². The minimum atomic E-state index is -0.910. The van der Waals surface area contributed by atoms with Gasteiger partial charge in [0.25, 0.3) is 0 Å². The zero-order valence-corrected chi connectivity index (χ0v) is 14.6. The van der Waals surface area contributed by atoms with Crippen molar-refractivity contribution in [3.05, 3.63) is 62.5 Å². The first-order valence-corrected chi connectivity index (χ1v) is 7.85. The topological polar surface area (TPSA) is 70.6 Å². The lowest BCUT2D eigenvalue weighted by atomic mass is 10.2. The number of hydrazone groups is 1. The lowest BCUT2D eigenvalue weighted by molar-refractivity contribution is -0.136. The summed E-state index contributed by atoms with van der Waals surface area (Å²) in [7, 11) is 0. The molecule has 0 spiro atoms. The Morgan fingerprint density at radius 1 is 1.04 bits per heavy atom. The summed E-state index contributed by atoms with van der Waals surface area (Å²) < 4.78 is 0.878. The SMILES string of the molecule is O=C(NN=Cc1cccc(Br)c1)C(=O)Nc1cc(Cl)cc(Cl)c1. The lowest BCUT2D eigenvalue weighted by Gasteiger charge is -2.05. The van der Waals surface area contributed by atoms with Crippen LogP contribution in [0.5, 0.6) is 0 Å². The molecule has 0 saturated heterocycles. The maximum Gasteiger partial charge on any atom is 0.329 e. The summed E-state index contributed by atoms with van der Waals surface area (Å²) >= 11 is 14.9. The number of benzene rings is 2. The predicted octanol–water partition coefficient (Wildman–Crippen LogP) is 3.84. The number of rotatable bonds is 3. The molecule has 0 aliphatic heterocycles. The van der Waals surface area contributed by atoms with Gasteiger partial charge in [0.1, 0.15) is 0 Å². The van der Waals surface area contributed by atoms with Crippen LogP contribution in [0.1, 0.15) is 5.56 Å².